The molecular weight excluding hydrogens is 593 g/mol. The van der Waals surface area contributed by atoms with Crippen molar-refractivity contribution in [3.05, 3.63) is 70.6 Å². The number of ether oxygens (including phenoxy) is 1. The van der Waals surface area contributed by atoms with Crippen LogP contribution in [0.5, 0.6) is 11.5 Å². The van der Waals surface area contributed by atoms with Crippen LogP contribution in [0.25, 0.3) is 39.7 Å². The number of benzene rings is 1. The molecule has 0 aliphatic heterocycles. The number of carboxylic acid groups (broad SMARTS) is 3. The Morgan fingerprint density at radius 3 is 1.80 bits per heavy atom. The normalized spacial score (nSPS) is 11.0. The molecule has 4 heterocycles. The fraction of sp³-hybridized carbons (Fsp3) is 0.107. The number of carboxylic acids is 3. The summed E-state index contributed by atoms with van der Waals surface area (Å²) in [6.45, 7) is 0. The van der Waals surface area contributed by atoms with E-state index in [1.807, 2.05) is 18.2 Å². The van der Waals surface area contributed by atoms with Crippen molar-refractivity contribution < 1.29 is 39.5 Å². The molecule has 40 heavy (non-hydrogen) atoms. The summed E-state index contributed by atoms with van der Waals surface area (Å²) < 4.78 is 5.22. The van der Waals surface area contributed by atoms with Gasteiger partial charge in [0.05, 0.1) is 20.0 Å². The molecule has 4 aromatic heterocycles. The van der Waals surface area contributed by atoms with Crippen LogP contribution in [0, 0.1) is 0 Å². The van der Waals surface area contributed by atoms with Gasteiger partial charge in [-0.05, 0) is 71.3 Å². The van der Waals surface area contributed by atoms with Crippen LogP contribution in [0.3, 0.4) is 0 Å². The van der Waals surface area contributed by atoms with Crippen molar-refractivity contribution in [2.24, 2.45) is 0 Å². The van der Waals surface area contributed by atoms with Crippen LogP contribution in [-0.2, 0) is 22.4 Å². The highest BCUT2D eigenvalue weighted by molar-refractivity contribution is 7.29. The van der Waals surface area contributed by atoms with E-state index in [9.17, 15) is 34.8 Å². The molecule has 0 spiro atoms. The van der Waals surface area contributed by atoms with Crippen molar-refractivity contribution in [3.63, 3.8) is 0 Å². The molecule has 0 unspecified atom stereocenters. The lowest BCUT2D eigenvalue weighted by molar-refractivity contribution is -0.137. The third-order valence-electron chi connectivity index (χ3n) is 5.88. The smallest absolute Gasteiger partial charge is 0.345 e. The number of hydrogen-bond acceptors (Lipinski definition) is 9. The van der Waals surface area contributed by atoms with Crippen LogP contribution < -0.4 is 4.74 Å². The Bertz CT molecular complexity index is 1750. The molecule has 204 valence electrons. The minimum absolute atomic E-state index is 0.00547. The molecule has 0 aliphatic carbocycles. The van der Waals surface area contributed by atoms with E-state index in [4.69, 9.17) is 4.74 Å². The van der Waals surface area contributed by atoms with E-state index in [1.54, 1.807) is 24.3 Å². The van der Waals surface area contributed by atoms with Crippen molar-refractivity contribution >= 4 is 63.3 Å². The second kappa shape index (κ2) is 11.3. The van der Waals surface area contributed by atoms with Gasteiger partial charge in [-0.3, -0.25) is 9.59 Å². The highest BCUT2D eigenvalue weighted by Gasteiger charge is 2.21. The number of methoxy groups -OCH3 is 1. The van der Waals surface area contributed by atoms with Gasteiger partial charge in [0.15, 0.2) is 11.5 Å². The van der Waals surface area contributed by atoms with Gasteiger partial charge < -0.3 is 25.2 Å². The summed E-state index contributed by atoms with van der Waals surface area (Å²) in [5.41, 5.74) is 2.04. The van der Waals surface area contributed by atoms with Gasteiger partial charge in [0.2, 0.25) is 0 Å². The van der Waals surface area contributed by atoms with Gasteiger partial charge in [-0.25, -0.2) is 4.79 Å². The van der Waals surface area contributed by atoms with Gasteiger partial charge in [-0.15, -0.1) is 45.3 Å². The molecule has 0 saturated carbocycles. The summed E-state index contributed by atoms with van der Waals surface area (Å²) in [6.07, 6.45) is -0.363. The number of rotatable bonds is 10. The van der Waals surface area contributed by atoms with E-state index in [2.05, 4.69) is 0 Å². The summed E-state index contributed by atoms with van der Waals surface area (Å²) in [5, 5.41) is 38.3. The summed E-state index contributed by atoms with van der Waals surface area (Å²) >= 11 is 5.40. The van der Waals surface area contributed by atoms with Crippen LogP contribution in [0.1, 0.15) is 20.8 Å². The first-order valence-corrected chi connectivity index (χ1v) is 14.9. The largest absolute Gasteiger partial charge is 0.504 e. The van der Waals surface area contributed by atoms with Crippen molar-refractivity contribution in [2.45, 2.75) is 12.8 Å². The third-order valence-corrected chi connectivity index (χ3v) is 11.0. The van der Waals surface area contributed by atoms with Crippen LogP contribution in [-0.4, -0.2) is 45.4 Å². The zero-order valence-electron chi connectivity index (χ0n) is 20.7. The van der Waals surface area contributed by atoms with Gasteiger partial charge in [0, 0.05) is 34.1 Å². The minimum atomic E-state index is -1.01. The van der Waals surface area contributed by atoms with Crippen LogP contribution in [0.4, 0.5) is 0 Å². The maximum absolute atomic E-state index is 11.7. The molecule has 0 amide bonds. The van der Waals surface area contributed by atoms with Gasteiger partial charge in [-0.1, -0.05) is 0 Å². The number of aliphatic carboxylic acids is 2. The van der Waals surface area contributed by atoms with E-state index in [1.165, 1.54) is 53.3 Å². The molecule has 0 atom stereocenters. The first kappa shape index (κ1) is 27.6. The Hall–Kier alpha value is -3.97. The first-order chi connectivity index (χ1) is 19.1. The number of thiophene rings is 4. The van der Waals surface area contributed by atoms with Crippen LogP contribution in [0.15, 0.2) is 54.6 Å². The van der Waals surface area contributed by atoms with E-state index in [0.29, 0.717) is 16.9 Å². The topological polar surface area (TPSA) is 141 Å². The van der Waals surface area contributed by atoms with Gasteiger partial charge in [0.25, 0.3) is 0 Å². The second-order valence-electron chi connectivity index (χ2n) is 8.59. The SMILES string of the molecule is COc1cc(-c2cc(CC(=O)O)c(-c3ccc(-c4sc(-c5ccc(C(=O)O)s5)cc4CC(=O)O)s3)s2)ccc1O. The lowest BCUT2D eigenvalue weighted by atomic mass is 10.1. The van der Waals surface area contributed by atoms with Crippen LogP contribution in [0.2, 0.25) is 0 Å². The zero-order valence-corrected chi connectivity index (χ0v) is 23.9. The molecule has 0 aliphatic rings. The predicted octanol–water partition coefficient (Wildman–Crippen LogP) is 7.27. The van der Waals surface area contributed by atoms with Gasteiger partial charge >= 0.3 is 17.9 Å². The van der Waals surface area contributed by atoms with Crippen LogP contribution >= 0.6 is 45.3 Å². The summed E-state index contributed by atoms with van der Waals surface area (Å²) in [4.78, 5) is 40.4. The highest BCUT2D eigenvalue weighted by atomic mass is 32.1. The fourth-order valence-corrected chi connectivity index (χ4v) is 8.70. The average Bonchev–Trinajstić information content (AvgIpc) is 3.69. The molecule has 12 heteroatoms. The quantitative estimate of drug-likeness (QED) is 0.129. The fourth-order valence-electron chi connectivity index (χ4n) is 4.12. The molecule has 0 fully saturated rings. The molecule has 1 aromatic carbocycles. The summed E-state index contributed by atoms with van der Waals surface area (Å²) in [6, 6.07) is 15.6. The standard InChI is InChI=1S/C28H20O8S4/c1-36-17-8-13(2-3-16(17)29)22-9-14(11-24(30)31)26(39-22)19-5-6-20(38-19)27-15(12-25(32)33)10-23(40-27)18-4-7-21(37-18)28(34)35/h2-10,29H,11-12H2,1H3,(H,30,31)(H,32,33)(H,34,35). The summed E-state index contributed by atoms with van der Waals surface area (Å²) in [5.74, 6) is -2.64. The first-order valence-electron chi connectivity index (χ1n) is 11.6. The van der Waals surface area contributed by atoms with E-state index >= 15 is 0 Å². The number of phenolic OH excluding ortho intramolecular Hbond substituents is 1. The molecule has 5 aromatic rings. The van der Waals surface area contributed by atoms with E-state index < -0.39 is 17.9 Å². The monoisotopic (exact) mass is 612 g/mol. The lowest BCUT2D eigenvalue weighted by Crippen LogP contribution is -1.99. The summed E-state index contributed by atoms with van der Waals surface area (Å²) in [7, 11) is 1.46. The number of carbonyl (C=O) groups is 3. The Morgan fingerprint density at radius 1 is 0.675 bits per heavy atom. The van der Waals surface area contributed by atoms with Gasteiger partial charge in [-0.2, -0.15) is 0 Å². The number of aromatic hydroxyl groups is 1. The number of phenols is 1. The molecule has 0 bridgehead atoms. The van der Waals surface area contributed by atoms with Crippen molar-refractivity contribution in [2.75, 3.05) is 7.11 Å². The number of hydrogen-bond donors (Lipinski definition) is 4. The van der Waals surface area contributed by atoms with E-state index in [-0.39, 0.29) is 23.5 Å². The number of aromatic carboxylic acids is 1. The van der Waals surface area contributed by atoms with Crippen molar-refractivity contribution in [1.82, 2.24) is 0 Å². The van der Waals surface area contributed by atoms with Gasteiger partial charge in [0.1, 0.15) is 4.88 Å². The van der Waals surface area contributed by atoms with E-state index in [0.717, 1.165) is 51.0 Å². The highest BCUT2D eigenvalue weighted by Crippen LogP contribution is 2.47. The second-order valence-corrected chi connectivity index (χ2v) is 12.9. The molecule has 8 nitrogen and oxygen atoms in total. The Balaban J connectivity index is 1.56. The predicted molar refractivity (Wildman–Crippen MR) is 158 cm³/mol. The van der Waals surface area contributed by atoms with Crippen molar-refractivity contribution in [1.29, 1.82) is 0 Å². The molecule has 0 saturated heterocycles. The Kier molecular flexibility index (Phi) is 7.76. The molecule has 0 radical (unpaired) electrons. The lowest BCUT2D eigenvalue weighted by Gasteiger charge is -2.05. The Labute approximate surface area is 243 Å². The molecular formula is C28H20O8S4. The average molecular weight is 613 g/mol. The minimum Gasteiger partial charge on any atom is -0.504 e. The molecule has 5 rings (SSSR count). The Morgan fingerprint density at radius 2 is 1.25 bits per heavy atom. The maximum atomic E-state index is 11.7. The third kappa shape index (κ3) is 5.65. The zero-order chi connectivity index (χ0) is 28.6. The maximum Gasteiger partial charge on any atom is 0.345 e. The molecule has 4 N–H and O–H groups in total. The van der Waals surface area contributed by atoms with Crippen molar-refractivity contribution in [3.8, 4) is 51.2 Å².